The lowest BCUT2D eigenvalue weighted by atomic mass is 10.2. The van der Waals surface area contributed by atoms with Gasteiger partial charge in [-0.15, -0.1) is 0 Å². The molecule has 10 heavy (non-hydrogen) atoms. The number of hydrogen-bond acceptors (Lipinski definition) is 2. The fraction of sp³-hybridized carbons (Fsp3) is 0.167. The lowest BCUT2D eigenvalue weighted by Crippen LogP contribution is -2.00. The third kappa shape index (κ3) is 0.834. The molecule has 0 unspecified atom stereocenters. The minimum Gasteiger partial charge on any atom is -0.478 e. The number of anilines is 1. The molecule has 0 aromatic carbocycles. The molecule has 4 heteroatoms. The maximum Gasteiger partial charge on any atom is 0.339 e. The summed E-state index contributed by atoms with van der Waals surface area (Å²) < 4.78 is 0. The standard InChI is InChI=1S/C6H8N2O2/c1-3-2-8-5(7)4(3)6(9)10/h2,8H,7H2,1H3,(H,9,10). The minimum atomic E-state index is -0.990. The van der Waals surface area contributed by atoms with Crippen molar-refractivity contribution < 1.29 is 9.90 Å². The lowest BCUT2D eigenvalue weighted by Gasteiger charge is -1.91. The van der Waals surface area contributed by atoms with Crippen LogP contribution in [-0.4, -0.2) is 16.1 Å². The molecule has 0 aliphatic carbocycles. The molecular formula is C6H8N2O2. The van der Waals surface area contributed by atoms with Crippen molar-refractivity contribution in [3.8, 4) is 0 Å². The zero-order valence-corrected chi connectivity index (χ0v) is 5.51. The van der Waals surface area contributed by atoms with Gasteiger partial charge in [-0.1, -0.05) is 0 Å². The molecule has 0 amide bonds. The Labute approximate surface area is 57.7 Å². The summed E-state index contributed by atoms with van der Waals surface area (Å²) in [5.41, 5.74) is 6.13. The Morgan fingerprint density at radius 3 is 2.60 bits per heavy atom. The van der Waals surface area contributed by atoms with Gasteiger partial charge in [0, 0.05) is 6.20 Å². The Kier molecular flexibility index (Phi) is 1.37. The van der Waals surface area contributed by atoms with Gasteiger partial charge in [-0.2, -0.15) is 0 Å². The molecule has 0 radical (unpaired) electrons. The van der Waals surface area contributed by atoms with Crippen molar-refractivity contribution in [3.05, 3.63) is 17.3 Å². The van der Waals surface area contributed by atoms with Crippen LogP contribution in [0.4, 0.5) is 5.82 Å². The summed E-state index contributed by atoms with van der Waals surface area (Å²) in [6.45, 7) is 1.69. The normalized spacial score (nSPS) is 9.70. The SMILES string of the molecule is Cc1c[nH]c(N)c1C(=O)O. The molecule has 1 aromatic heterocycles. The second kappa shape index (κ2) is 2.06. The fourth-order valence-electron chi connectivity index (χ4n) is 0.827. The molecule has 0 bridgehead atoms. The van der Waals surface area contributed by atoms with Gasteiger partial charge in [0.2, 0.25) is 0 Å². The van der Waals surface area contributed by atoms with Gasteiger partial charge in [-0.3, -0.25) is 0 Å². The first-order valence-electron chi connectivity index (χ1n) is 2.79. The van der Waals surface area contributed by atoms with E-state index in [9.17, 15) is 4.79 Å². The van der Waals surface area contributed by atoms with Gasteiger partial charge in [0.15, 0.2) is 0 Å². The summed E-state index contributed by atoms with van der Waals surface area (Å²) >= 11 is 0. The number of carboxylic acid groups (broad SMARTS) is 1. The summed E-state index contributed by atoms with van der Waals surface area (Å²) in [5.74, 6) is -0.777. The van der Waals surface area contributed by atoms with Crippen LogP contribution < -0.4 is 5.73 Å². The van der Waals surface area contributed by atoms with E-state index in [1.165, 1.54) is 0 Å². The van der Waals surface area contributed by atoms with Crippen molar-refractivity contribution >= 4 is 11.8 Å². The first kappa shape index (κ1) is 6.67. The van der Waals surface area contributed by atoms with E-state index in [0.717, 1.165) is 0 Å². The predicted octanol–water partition coefficient (Wildman–Crippen LogP) is 0.604. The van der Waals surface area contributed by atoms with Crippen LogP contribution in [0, 0.1) is 6.92 Å². The van der Waals surface area contributed by atoms with E-state index in [1.54, 1.807) is 13.1 Å². The second-order valence-electron chi connectivity index (χ2n) is 2.07. The average molecular weight is 140 g/mol. The summed E-state index contributed by atoms with van der Waals surface area (Å²) in [5, 5.41) is 8.54. The summed E-state index contributed by atoms with van der Waals surface area (Å²) in [7, 11) is 0. The highest BCUT2D eigenvalue weighted by Crippen LogP contribution is 2.13. The fourth-order valence-corrected chi connectivity index (χ4v) is 0.827. The van der Waals surface area contributed by atoms with E-state index in [-0.39, 0.29) is 11.4 Å². The molecule has 0 spiro atoms. The number of nitrogen functional groups attached to an aromatic ring is 1. The summed E-state index contributed by atoms with van der Waals surface area (Å²) in [4.78, 5) is 13.0. The third-order valence-electron chi connectivity index (χ3n) is 1.32. The van der Waals surface area contributed by atoms with Crippen molar-refractivity contribution in [3.63, 3.8) is 0 Å². The number of aromatic amines is 1. The lowest BCUT2D eigenvalue weighted by molar-refractivity contribution is 0.0697. The second-order valence-corrected chi connectivity index (χ2v) is 2.07. The molecule has 1 aromatic rings. The van der Waals surface area contributed by atoms with Crippen LogP contribution >= 0.6 is 0 Å². The average Bonchev–Trinajstić information content (AvgIpc) is 2.11. The van der Waals surface area contributed by atoms with Crippen molar-refractivity contribution in [2.75, 3.05) is 5.73 Å². The van der Waals surface area contributed by atoms with Crippen molar-refractivity contribution in [2.45, 2.75) is 6.92 Å². The van der Waals surface area contributed by atoms with E-state index in [4.69, 9.17) is 10.8 Å². The first-order chi connectivity index (χ1) is 4.63. The molecule has 0 aliphatic heterocycles. The first-order valence-corrected chi connectivity index (χ1v) is 2.79. The topological polar surface area (TPSA) is 79.1 Å². The molecule has 54 valence electrons. The van der Waals surface area contributed by atoms with Gasteiger partial charge in [0.25, 0.3) is 0 Å². The third-order valence-corrected chi connectivity index (χ3v) is 1.32. The molecule has 1 rings (SSSR count). The zero-order valence-electron chi connectivity index (χ0n) is 5.51. The Morgan fingerprint density at radius 1 is 1.80 bits per heavy atom. The maximum absolute atomic E-state index is 10.4. The van der Waals surface area contributed by atoms with Crippen LogP contribution in [0.3, 0.4) is 0 Å². The number of rotatable bonds is 1. The number of aryl methyl sites for hydroxylation is 1. The number of aromatic carboxylic acids is 1. The minimum absolute atomic E-state index is 0.167. The number of hydrogen-bond donors (Lipinski definition) is 3. The summed E-state index contributed by atoms with van der Waals surface area (Å²) in [6, 6.07) is 0. The molecular weight excluding hydrogens is 132 g/mol. The van der Waals surface area contributed by atoms with E-state index < -0.39 is 5.97 Å². The molecule has 0 fully saturated rings. The van der Waals surface area contributed by atoms with Crippen LogP contribution in [0.1, 0.15) is 15.9 Å². The van der Waals surface area contributed by atoms with Gasteiger partial charge < -0.3 is 15.8 Å². The predicted molar refractivity (Wildman–Crippen MR) is 36.9 cm³/mol. The van der Waals surface area contributed by atoms with Gasteiger partial charge >= 0.3 is 5.97 Å². The highest BCUT2D eigenvalue weighted by atomic mass is 16.4. The van der Waals surface area contributed by atoms with Crippen LogP contribution in [0.2, 0.25) is 0 Å². The van der Waals surface area contributed by atoms with Crippen LogP contribution in [0.15, 0.2) is 6.20 Å². The van der Waals surface area contributed by atoms with Crippen LogP contribution in [0.25, 0.3) is 0 Å². The number of H-pyrrole nitrogens is 1. The zero-order chi connectivity index (χ0) is 7.72. The number of nitrogens with two attached hydrogens (primary N) is 1. The maximum atomic E-state index is 10.4. The van der Waals surface area contributed by atoms with Gasteiger partial charge in [-0.05, 0) is 12.5 Å². The monoisotopic (exact) mass is 140 g/mol. The largest absolute Gasteiger partial charge is 0.478 e. The summed E-state index contributed by atoms with van der Waals surface area (Å²) in [6.07, 6.45) is 1.57. The quantitative estimate of drug-likeness (QED) is 0.534. The molecule has 0 aliphatic rings. The van der Waals surface area contributed by atoms with Crippen molar-refractivity contribution in [1.82, 2.24) is 4.98 Å². The molecule has 4 nitrogen and oxygen atoms in total. The number of carbonyl (C=O) groups is 1. The highest BCUT2D eigenvalue weighted by Gasteiger charge is 2.11. The number of aromatic nitrogens is 1. The smallest absolute Gasteiger partial charge is 0.339 e. The molecule has 0 saturated carbocycles. The molecule has 0 atom stereocenters. The molecule has 1 heterocycles. The van der Waals surface area contributed by atoms with Gasteiger partial charge in [-0.25, -0.2) is 4.79 Å². The van der Waals surface area contributed by atoms with Crippen LogP contribution in [0.5, 0.6) is 0 Å². The molecule has 0 saturated heterocycles. The van der Waals surface area contributed by atoms with E-state index in [2.05, 4.69) is 4.98 Å². The Hall–Kier alpha value is -1.45. The van der Waals surface area contributed by atoms with Gasteiger partial charge in [0.1, 0.15) is 11.4 Å². The Bertz CT molecular complexity index is 245. The highest BCUT2D eigenvalue weighted by molar-refractivity contribution is 5.94. The Balaban J connectivity index is 3.23. The van der Waals surface area contributed by atoms with Gasteiger partial charge in [0.05, 0.1) is 0 Å². The van der Waals surface area contributed by atoms with E-state index >= 15 is 0 Å². The molecule has 4 N–H and O–H groups in total. The van der Waals surface area contributed by atoms with Crippen molar-refractivity contribution in [1.29, 1.82) is 0 Å². The number of nitrogens with one attached hydrogen (secondary N) is 1. The van der Waals surface area contributed by atoms with E-state index in [1.807, 2.05) is 0 Å². The van der Waals surface area contributed by atoms with Crippen molar-refractivity contribution in [2.24, 2.45) is 0 Å². The van der Waals surface area contributed by atoms with E-state index in [0.29, 0.717) is 5.56 Å². The number of carboxylic acids is 1. The van der Waals surface area contributed by atoms with Crippen LogP contribution in [-0.2, 0) is 0 Å². The Morgan fingerprint density at radius 2 is 2.40 bits per heavy atom.